The largest absolute Gasteiger partial charge is 0.459 e. The van der Waals surface area contributed by atoms with Crippen molar-refractivity contribution in [1.82, 2.24) is 9.78 Å². The van der Waals surface area contributed by atoms with Crippen LogP contribution in [-0.2, 0) is 16.6 Å². The molecule has 18 heavy (non-hydrogen) atoms. The second-order valence-corrected chi connectivity index (χ2v) is 6.26. The van der Waals surface area contributed by atoms with Crippen LogP contribution < -0.4 is 5.73 Å². The lowest BCUT2D eigenvalue weighted by Gasteiger charge is -2.20. The molecule has 2 N–H and O–H groups in total. The van der Waals surface area contributed by atoms with Gasteiger partial charge in [0.1, 0.15) is 5.60 Å². The van der Waals surface area contributed by atoms with E-state index in [1.54, 1.807) is 10.9 Å². The number of nitrogens with two attached hydrogens (primary N) is 1. The fraction of sp³-hybridized carbons (Fsp3) is 0.667. The molecule has 0 fully saturated rings. The summed E-state index contributed by atoms with van der Waals surface area (Å²) in [5.74, 6) is 0.0865. The van der Waals surface area contributed by atoms with Crippen molar-refractivity contribution >= 4 is 17.7 Å². The van der Waals surface area contributed by atoms with E-state index in [9.17, 15) is 4.79 Å². The van der Waals surface area contributed by atoms with Gasteiger partial charge in [-0.05, 0) is 20.8 Å². The number of carbonyl (C=O) groups excluding carboxylic acids is 1. The highest BCUT2D eigenvalue weighted by Crippen LogP contribution is 2.27. The van der Waals surface area contributed by atoms with E-state index in [1.807, 2.05) is 34.0 Å². The lowest BCUT2D eigenvalue weighted by atomic mass is 10.2. The SMILES string of the molecule is Cn1cc(C(CN)SCC(=O)OC(C)(C)C)cn1. The van der Waals surface area contributed by atoms with E-state index < -0.39 is 5.60 Å². The highest BCUT2D eigenvalue weighted by Gasteiger charge is 2.19. The van der Waals surface area contributed by atoms with Gasteiger partial charge < -0.3 is 10.5 Å². The Hall–Kier alpha value is -1.01. The van der Waals surface area contributed by atoms with Gasteiger partial charge in [0.2, 0.25) is 0 Å². The zero-order valence-corrected chi connectivity index (χ0v) is 12.2. The average Bonchev–Trinajstić information content (AvgIpc) is 2.63. The third-order valence-corrected chi connectivity index (χ3v) is 3.40. The molecule has 1 atom stereocenters. The monoisotopic (exact) mass is 271 g/mol. The van der Waals surface area contributed by atoms with Crippen LogP contribution in [0.4, 0.5) is 0 Å². The lowest BCUT2D eigenvalue weighted by Crippen LogP contribution is -2.25. The minimum Gasteiger partial charge on any atom is -0.459 e. The first kappa shape index (κ1) is 15.0. The average molecular weight is 271 g/mol. The number of aryl methyl sites for hydroxylation is 1. The molecule has 0 amide bonds. The van der Waals surface area contributed by atoms with Crippen molar-refractivity contribution in [2.75, 3.05) is 12.3 Å². The highest BCUT2D eigenvalue weighted by molar-refractivity contribution is 8.00. The molecule has 0 aliphatic rings. The summed E-state index contributed by atoms with van der Waals surface area (Å²) >= 11 is 1.48. The van der Waals surface area contributed by atoms with E-state index in [2.05, 4.69) is 5.10 Å². The Morgan fingerprint density at radius 1 is 1.61 bits per heavy atom. The first-order valence-electron chi connectivity index (χ1n) is 5.84. The second kappa shape index (κ2) is 6.24. The normalized spacial score (nSPS) is 13.4. The molecule has 0 spiro atoms. The Labute approximate surface area is 112 Å². The predicted octanol–water partition coefficient (Wildman–Crippen LogP) is 1.49. The Kier molecular flexibility index (Phi) is 5.22. The number of carbonyl (C=O) groups is 1. The zero-order valence-electron chi connectivity index (χ0n) is 11.3. The van der Waals surface area contributed by atoms with Crippen molar-refractivity contribution in [3.63, 3.8) is 0 Å². The van der Waals surface area contributed by atoms with E-state index in [0.717, 1.165) is 5.56 Å². The molecule has 1 aromatic rings. The van der Waals surface area contributed by atoms with Crippen LogP contribution in [0.5, 0.6) is 0 Å². The van der Waals surface area contributed by atoms with Crippen molar-refractivity contribution in [2.24, 2.45) is 12.8 Å². The van der Waals surface area contributed by atoms with Crippen molar-refractivity contribution in [2.45, 2.75) is 31.6 Å². The van der Waals surface area contributed by atoms with Crippen molar-refractivity contribution < 1.29 is 9.53 Å². The quantitative estimate of drug-likeness (QED) is 0.822. The van der Waals surface area contributed by atoms with Crippen LogP contribution in [0, 0.1) is 0 Å². The molecule has 0 aliphatic carbocycles. The van der Waals surface area contributed by atoms with Gasteiger partial charge in [-0.25, -0.2) is 0 Å². The first-order chi connectivity index (χ1) is 8.31. The minimum atomic E-state index is -0.440. The molecule has 0 radical (unpaired) electrons. The van der Waals surface area contributed by atoms with E-state index >= 15 is 0 Å². The first-order valence-corrected chi connectivity index (χ1v) is 6.89. The van der Waals surface area contributed by atoms with E-state index in [0.29, 0.717) is 12.3 Å². The van der Waals surface area contributed by atoms with Gasteiger partial charge in [0.15, 0.2) is 0 Å². The molecule has 1 aromatic heterocycles. The van der Waals surface area contributed by atoms with Gasteiger partial charge in [-0.15, -0.1) is 11.8 Å². The molecule has 1 rings (SSSR count). The second-order valence-electron chi connectivity index (χ2n) is 5.07. The number of nitrogens with zero attached hydrogens (tertiary/aromatic N) is 2. The molecule has 102 valence electrons. The van der Waals surface area contributed by atoms with Crippen molar-refractivity contribution in [3.05, 3.63) is 18.0 Å². The van der Waals surface area contributed by atoms with Gasteiger partial charge in [0.25, 0.3) is 0 Å². The summed E-state index contributed by atoms with van der Waals surface area (Å²) in [5.41, 5.74) is 6.31. The fourth-order valence-electron chi connectivity index (χ4n) is 1.45. The summed E-state index contributed by atoms with van der Waals surface area (Å²) in [6.07, 6.45) is 3.69. The van der Waals surface area contributed by atoms with Crippen LogP contribution in [-0.4, -0.2) is 33.6 Å². The molecule has 5 nitrogen and oxygen atoms in total. The Bertz CT molecular complexity index is 398. The van der Waals surface area contributed by atoms with E-state index in [1.165, 1.54) is 11.8 Å². The van der Waals surface area contributed by atoms with Crippen molar-refractivity contribution in [1.29, 1.82) is 0 Å². The van der Waals surface area contributed by atoms with Crippen LogP contribution in [0.25, 0.3) is 0 Å². The van der Waals surface area contributed by atoms with Gasteiger partial charge in [0, 0.05) is 30.6 Å². The number of thioether (sulfide) groups is 1. The third kappa shape index (κ3) is 5.10. The fourth-order valence-corrected chi connectivity index (χ4v) is 2.29. The maximum atomic E-state index is 11.6. The Balaban J connectivity index is 2.48. The summed E-state index contributed by atoms with van der Waals surface area (Å²) in [6.45, 7) is 6.05. The van der Waals surface area contributed by atoms with E-state index in [4.69, 9.17) is 10.5 Å². The molecule has 0 bridgehead atoms. The molecule has 0 aromatic carbocycles. The number of aromatic nitrogens is 2. The van der Waals surface area contributed by atoms with Crippen LogP contribution in [0.2, 0.25) is 0 Å². The molecular formula is C12H21N3O2S. The van der Waals surface area contributed by atoms with Gasteiger partial charge in [-0.2, -0.15) is 5.10 Å². The highest BCUT2D eigenvalue weighted by atomic mass is 32.2. The maximum absolute atomic E-state index is 11.6. The van der Waals surface area contributed by atoms with Gasteiger partial charge >= 0.3 is 5.97 Å². The predicted molar refractivity (Wildman–Crippen MR) is 73.3 cm³/mol. The third-order valence-electron chi connectivity index (χ3n) is 2.13. The minimum absolute atomic E-state index is 0.0752. The number of rotatable bonds is 5. The molecule has 0 saturated heterocycles. The summed E-state index contributed by atoms with van der Waals surface area (Å²) < 4.78 is 6.98. The standard InChI is InChI=1S/C12H21N3O2S/c1-12(2,3)17-11(16)8-18-10(5-13)9-6-14-15(4)7-9/h6-7,10H,5,8,13H2,1-4H3. The number of hydrogen-bond donors (Lipinski definition) is 1. The van der Waals surface area contributed by atoms with Crippen LogP contribution in [0.15, 0.2) is 12.4 Å². The summed E-state index contributed by atoms with van der Waals surface area (Å²) in [7, 11) is 1.86. The molecule has 6 heteroatoms. The Morgan fingerprint density at radius 2 is 2.28 bits per heavy atom. The summed E-state index contributed by atoms with van der Waals surface area (Å²) in [4.78, 5) is 11.6. The Morgan fingerprint density at radius 3 is 2.72 bits per heavy atom. The molecule has 1 unspecified atom stereocenters. The number of hydrogen-bond acceptors (Lipinski definition) is 5. The topological polar surface area (TPSA) is 70.1 Å². The van der Waals surface area contributed by atoms with Gasteiger partial charge in [0.05, 0.1) is 11.9 Å². The van der Waals surface area contributed by atoms with Crippen molar-refractivity contribution in [3.8, 4) is 0 Å². The molecule has 0 saturated carbocycles. The number of ether oxygens (including phenoxy) is 1. The van der Waals surface area contributed by atoms with Crippen LogP contribution >= 0.6 is 11.8 Å². The molecular weight excluding hydrogens is 250 g/mol. The van der Waals surface area contributed by atoms with Crippen LogP contribution in [0.1, 0.15) is 31.6 Å². The van der Waals surface area contributed by atoms with Gasteiger partial charge in [-0.1, -0.05) is 0 Å². The van der Waals surface area contributed by atoms with Crippen LogP contribution in [0.3, 0.4) is 0 Å². The van der Waals surface area contributed by atoms with E-state index in [-0.39, 0.29) is 11.2 Å². The molecule has 0 aliphatic heterocycles. The maximum Gasteiger partial charge on any atom is 0.316 e. The summed E-state index contributed by atoms with van der Waals surface area (Å²) in [5, 5.41) is 4.18. The lowest BCUT2D eigenvalue weighted by molar-refractivity contribution is -0.151. The zero-order chi connectivity index (χ0) is 13.8. The van der Waals surface area contributed by atoms with Gasteiger partial charge in [-0.3, -0.25) is 9.48 Å². The number of esters is 1. The smallest absolute Gasteiger partial charge is 0.316 e. The molecule has 1 heterocycles. The summed E-state index contributed by atoms with van der Waals surface area (Å²) in [6, 6.07) is 0.